The zero-order chi connectivity index (χ0) is 11.7. The Balaban J connectivity index is 2.78. The fraction of sp³-hybridized carbons (Fsp3) is 0.200. The van der Waals surface area contributed by atoms with E-state index < -0.39 is 5.82 Å². The Hall–Kier alpha value is -1.56. The smallest absolute Gasteiger partial charge is 0.280 e. The molecule has 0 spiro atoms. The van der Waals surface area contributed by atoms with E-state index in [1.165, 1.54) is 30.0 Å². The second kappa shape index (κ2) is 4.13. The Bertz CT molecular complexity index is 596. The largest absolute Gasteiger partial charge is 0.334 e. The molecule has 1 aromatic heterocycles. The quantitative estimate of drug-likeness (QED) is 0.488. The fourth-order valence-electron chi connectivity index (χ4n) is 1.38. The van der Waals surface area contributed by atoms with Crippen LogP contribution in [0.2, 0.25) is 0 Å². The lowest BCUT2D eigenvalue weighted by Gasteiger charge is -2.06. The third-order valence-electron chi connectivity index (χ3n) is 2.10. The summed E-state index contributed by atoms with van der Waals surface area (Å²) in [6, 6.07) is 3.85. The van der Waals surface area contributed by atoms with E-state index in [9.17, 15) is 9.18 Å². The number of nitrogen functional groups attached to an aromatic ring is 1. The van der Waals surface area contributed by atoms with Gasteiger partial charge in [0.2, 0.25) is 0 Å². The van der Waals surface area contributed by atoms with Crippen molar-refractivity contribution in [1.29, 1.82) is 0 Å². The summed E-state index contributed by atoms with van der Waals surface area (Å²) in [5.41, 5.74) is -0.0244. The normalized spacial score (nSPS) is 10.9. The number of nitrogens with two attached hydrogens (primary N) is 1. The van der Waals surface area contributed by atoms with Gasteiger partial charge in [-0.05, 0) is 17.9 Å². The number of benzene rings is 1. The Morgan fingerprint density at radius 1 is 1.56 bits per heavy atom. The van der Waals surface area contributed by atoms with Gasteiger partial charge in [0, 0.05) is 6.07 Å². The van der Waals surface area contributed by atoms with Crippen molar-refractivity contribution in [1.82, 2.24) is 9.66 Å². The van der Waals surface area contributed by atoms with Crippen LogP contribution in [0, 0.1) is 5.82 Å². The van der Waals surface area contributed by atoms with Gasteiger partial charge in [-0.25, -0.2) is 14.1 Å². The Morgan fingerprint density at radius 3 is 3.00 bits per heavy atom. The lowest BCUT2D eigenvalue weighted by atomic mass is 10.2. The summed E-state index contributed by atoms with van der Waals surface area (Å²) >= 11 is 1.34. The monoisotopic (exact) mass is 239 g/mol. The number of thioether (sulfide) groups is 1. The van der Waals surface area contributed by atoms with Crippen molar-refractivity contribution in [3.05, 3.63) is 34.4 Å². The third kappa shape index (κ3) is 1.76. The van der Waals surface area contributed by atoms with E-state index in [4.69, 9.17) is 5.84 Å². The molecule has 2 rings (SSSR count). The highest BCUT2D eigenvalue weighted by molar-refractivity contribution is 7.99. The van der Waals surface area contributed by atoms with Crippen molar-refractivity contribution in [3.8, 4) is 0 Å². The number of fused-ring (bicyclic) bond motifs is 1. The Kier molecular flexibility index (Phi) is 2.82. The molecule has 2 aromatic rings. The zero-order valence-corrected chi connectivity index (χ0v) is 9.42. The van der Waals surface area contributed by atoms with E-state index in [1.54, 1.807) is 0 Å². The molecule has 0 fully saturated rings. The van der Waals surface area contributed by atoms with Crippen molar-refractivity contribution >= 4 is 22.7 Å². The summed E-state index contributed by atoms with van der Waals surface area (Å²) in [5, 5.41) is 0.718. The first-order valence-corrected chi connectivity index (χ1v) is 5.72. The molecule has 4 nitrogen and oxygen atoms in total. The van der Waals surface area contributed by atoms with Gasteiger partial charge in [-0.1, -0.05) is 18.7 Å². The van der Waals surface area contributed by atoms with Crippen LogP contribution in [-0.2, 0) is 0 Å². The average Bonchev–Trinajstić information content (AvgIpc) is 2.25. The first-order chi connectivity index (χ1) is 7.63. The molecule has 0 aliphatic heterocycles. The molecule has 1 aromatic carbocycles. The summed E-state index contributed by atoms with van der Waals surface area (Å²) in [6.07, 6.45) is 0. The maximum absolute atomic E-state index is 13.0. The number of nitrogens with zero attached hydrogens (tertiary/aromatic N) is 2. The van der Waals surface area contributed by atoms with E-state index in [2.05, 4.69) is 4.98 Å². The van der Waals surface area contributed by atoms with Crippen LogP contribution in [0.5, 0.6) is 0 Å². The minimum atomic E-state index is -0.415. The molecule has 0 saturated heterocycles. The number of aromatic nitrogens is 2. The number of rotatable bonds is 2. The topological polar surface area (TPSA) is 60.9 Å². The molecule has 0 amide bonds. The second-order valence-corrected chi connectivity index (χ2v) is 4.40. The first kappa shape index (κ1) is 10.9. The summed E-state index contributed by atoms with van der Waals surface area (Å²) in [7, 11) is 0. The highest BCUT2D eigenvalue weighted by Crippen LogP contribution is 2.16. The standard InChI is InChI=1S/C10H10FN3OS/c1-2-16-10-13-8-5-6(11)3-4-7(8)9(15)14(10)12/h3-5H,2,12H2,1H3. The molecule has 0 bridgehead atoms. The zero-order valence-electron chi connectivity index (χ0n) is 8.61. The van der Waals surface area contributed by atoms with Gasteiger partial charge in [-0.3, -0.25) is 4.79 Å². The molecule has 0 radical (unpaired) electrons. The minimum absolute atomic E-state index is 0.323. The molecule has 0 aliphatic rings. The summed E-state index contributed by atoms with van der Waals surface area (Å²) in [6.45, 7) is 1.92. The molecule has 1 heterocycles. The number of hydrogen-bond donors (Lipinski definition) is 1. The van der Waals surface area contributed by atoms with Crippen molar-refractivity contribution in [3.63, 3.8) is 0 Å². The SMILES string of the molecule is CCSc1nc2cc(F)ccc2c(=O)n1N. The van der Waals surface area contributed by atoms with Gasteiger partial charge in [-0.15, -0.1) is 0 Å². The maximum atomic E-state index is 13.0. The van der Waals surface area contributed by atoms with Gasteiger partial charge in [0.15, 0.2) is 5.16 Å². The van der Waals surface area contributed by atoms with Crippen molar-refractivity contribution in [2.24, 2.45) is 0 Å². The van der Waals surface area contributed by atoms with Crippen LogP contribution in [0.4, 0.5) is 4.39 Å². The number of hydrogen-bond acceptors (Lipinski definition) is 4. The predicted octanol–water partition coefficient (Wildman–Crippen LogP) is 1.36. The lowest BCUT2D eigenvalue weighted by Crippen LogP contribution is -2.29. The van der Waals surface area contributed by atoms with E-state index in [1.807, 2.05) is 6.92 Å². The van der Waals surface area contributed by atoms with Crippen LogP contribution < -0.4 is 11.4 Å². The van der Waals surface area contributed by atoms with Gasteiger partial charge in [-0.2, -0.15) is 0 Å². The Morgan fingerprint density at radius 2 is 2.31 bits per heavy atom. The lowest BCUT2D eigenvalue weighted by molar-refractivity contribution is 0.628. The van der Waals surface area contributed by atoms with Gasteiger partial charge in [0.25, 0.3) is 5.56 Å². The van der Waals surface area contributed by atoms with E-state index in [0.29, 0.717) is 16.1 Å². The highest BCUT2D eigenvalue weighted by atomic mass is 32.2. The van der Waals surface area contributed by atoms with Crippen molar-refractivity contribution in [2.75, 3.05) is 11.6 Å². The molecular weight excluding hydrogens is 229 g/mol. The van der Waals surface area contributed by atoms with Gasteiger partial charge >= 0.3 is 0 Å². The molecule has 16 heavy (non-hydrogen) atoms. The third-order valence-corrected chi connectivity index (χ3v) is 2.94. The molecule has 84 valence electrons. The highest BCUT2D eigenvalue weighted by Gasteiger charge is 2.09. The fourth-order valence-corrected chi connectivity index (χ4v) is 2.03. The maximum Gasteiger partial charge on any atom is 0.280 e. The average molecular weight is 239 g/mol. The second-order valence-electron chi connectivity index (χ2n) is 3.16. The van der Waals surface area contributed by atoms with E-state index in [-0.39, 0.29) is 5.56 Å². The minimum Gasteiger partial charge on any atom is -0.334 e. The van der Waals surface area contributed by atoms with Crippen LogP contribution >= 0.6 is 11.8 Å². The first-order valence-electron chi connectivity index (χ1n) is 4.73. The van der Waals surface area contributed by atoms with Crippen LogP contribution in [0.25, 0.3) is 10.9 Å². The van der Waals surface area contributed by atoms with Crippen LogP contribution in [-0.4, -0.2) is 15.4 Å². The molecule has 6 heteroatoms. The van der Waals surface area contributed by atoms with Gasteiger partial charge < -0.3 is 5.84 Å². The summed E-state index contributed by atoms with van der Waals surface area (Å²) in [5.74, 6) is 5.93. The van der Waals surface area contributed by atoms with Crippen LogP contribution in [0.15, 0.2) is 28.2 Å². The Labute approximate surface area is 95.3 Å². The van der Waals surface area contributed by atoms with Crippen molar-refractivity contribution < 1.29 is 4.39 Å². The molecule has 2 N–H and O–H groups in total. The van der Waals surface area contributed by atoms with Gasteiger partial charge in [0.1, 0.15) is 5.82 Å². The molecular formula is C10H10FN3OS. The van der Waals surface area contributed by atoms with Crippen molar-refractivity contribution in [2.45, 2.75) is 12.1 Å². The van der Waals surface area contributed by atoms with Crippen LogP contribution in [0.3, 0.4) is 0 Å². The molecule has 0 aliphatic carbocycles. The van der Waals surface area contributed by atoms with Gasteiger partial charge in [0.05, 0.1) is 10.9 Å². The van der Waals surface area contributed by atoms with E-state index >= 15 is 0 Å². The van der Waals surface area contributed by atoms with Crippen LogP contribution in [0.1, 0.15) is 6.92 Å². The molecule has 0 unspecified atom stereocenters. The summed E-state index contributed by atoms with van der Waals surface area (Å²) < 4.78 is 14.0. The molecule has 0 atom stereocenters. The summed E-state index contributed by atoms with van der Waals surface area (Å²) in [4.78, 5) is 15.9. The van der Waals surface area contributed by atoms with E-state index in [0.717, 1.165) is 10.4 Å². The predicted molar refractivity (Wildman–Crippen MR) is 62.5 cm³/mol. The number of halogens is 1. The molecule has 0 saturated carbocycles.